The highest BCUT2D eigenvalue weighted by Gasteiger charge is 2.16. The van der Waals surface area contributed by atoms with Crippen LogP contribution in [0.4, 0.5) is 0 Å². The Kier molecular flexibility index (Phi) is 3.81. The molecule has 0 fully saturated rings. The fourth-order valence-corrected chi connectivity index (χ4v) is 2.52. The summed E-state index contributed by atoms with van der Waals surface area (Å²) in [4.78, 5) is 10.7. The zero-order valence-electron chi connectivity index (χ0n) is 10.7. The first-order valence-corrected chi connectivity index (χ1v) is 6.23. The molecule has 1 aromatic carbocycles. The van der Waals surface area contributed by atoms with Gasteiger partial charge in [-0.3, -0.25) is 0 Å². The van der Waals surface area contributed by atoms with E-state index in [0.29, 0.717) is 17.3 Å². The van der Waals surface area contributed by atoms with Crippen LogP contribution in [0.1, 0.15) is 12.5 Å². The molecule has 1 heterocycles. The topological polar surface area (TPSA) is 51.5 Å². The number of benzene rings is 1. The fourth-order valence-electron chi connectivity index (χ4n) is 2.15. The van der Waals surface area contributed by atoms with Crippen molar-refractivity contribution in [2.75, 3.05) is 7.11 Å². The predicted molar refractivity (Wildman–Crippen MR) is 75.8 cm³/mol. The molecule has 0 saturated heterocycles. The van der Waals surface area contributed by atoms with Gasteiger partial charge in [0.05, 0.1) is 12.6 Å². The quantitative estimate of drug-likeness (QED) is 0.873. The molecule has 0 radical (unpaired) electrons. The minimum absolute atomic E-state index is 0.513. The second-order valence-corrected chi connectivity index (χ2v) is 4.33. The number of ether oxygens (including phenoxy) is 1. The van der Waals surface area contributed by atoms with Crippen LogP contribution in [0.15, 0.2) is 24.3 Å². The first kappa shape index (κ1) is 13.5. The number of fused-ring (bicyclic) bond motifs is 1. The molecule has 100 valence electrons. The number of carbonyl (C=O) groups is 1. The Labute approximate surface area is 115 Å². The first-order valence-electron chi connectivity index (χ1n) is 5.85. The van der Waals surface area contributed by atoms with Gasteiger partial charge >= 0.3 is 5.97 Å². The molecule has 1 N–H and O–H groups in total. The van der Waals surface area contributed by atoms with E-state index in [1.165, 1.54) is 6.08 Å². The molecule has 4 nitrogen and oxygen atoms in total. The fraction of sp³-hybridized carbons (Fsp3) is 0.214. The molecule has 0 aliphatic carbocycles. The summed E-state index contributed by atoms with van der Waals surface area (Å²) < 4.78 is 7.24. The van der Waals surface area contributed by atoms with Gasteiger partial charge in [0.1, 0.15) is 10.9 Å². The van der Waals surface area contributed by atoms with Gasteiger partial charge in [0.15, 0.2) is 0 Å². The Balaban J connectivity index is 2.78. The molecule has 2 rings (SSSR count). The lowest BCUT2D eigenvalue weighted by Gasteiger charge is -2.06. The number of hydrogen-bond acceptors (Lipinski definition) is 2. The number of nitrogens with zero attached hydrogens (tertiary/aromatic N) is 1. The second-order valence-electron chi connectivity index (χ2n) is 3.98. The largest absolute Gasteiger partial charge is 0.495 e. The maximum absolute atomic E-state index is 10.7. The first-order chi connectivity index (χ1) is 9.10. The minimum Gasteiger partial charge on any atom is -0.495 e. The predicted octanol–water partition coefficient (Wildman–Crippen LogP) is 3.42. The average molecular weight is 280 g/mol. The SMILES string of the molecule is CCn1c(Cl)c(/C=C/C(=O)O)c2cccc(OC)c21. The van der Waals surface area contributed by atoms with Gasteiger partial charge < -0.3 is 14.4 Å². The van der Waals surface area contributed by atoms with E-state index in [-0.39, 0.29) is 0 Å². The van der Waals surface area contributed by atoms with Gasteiger partial charge in [-0.2, -0.15) is 0 Å². The summed E-state index contributed by atoms with van der Waals surface area (Å²) in [7, 11) is 1.60. The Morgan fingerprint density at radius 3 is 2.84 bits per heavy atom. The lowest BCUT2D eigenvalue weighted by atomic mass is 10.1. The van der Waals surface area contributed by atoms with Crippen molar-refractivity contribution < 1.29 is 14.6 Å². The number of aliphatic carboxylic acids is 1. The van der Waals surface area contributed by atoms with Gasteiger partial charge in [-0.25, -0.2) is 4.79 Å². The van der Waals surface area contributed by atoms with Crippen LogP contribution >= 0.6 is 11.6 Å². The van der Waals surface area contributed by atoms with Gasteiger partial charge in [0.2, 0.25) is 0 Å². The molecule has 0 aliphatic rings. The number of methoxy groups -OCH3 is 1. The summed E-state index contributed by atoms with van der Waals surface area (Å²) in [6.45, 7) is 2.65. The molecule has 0 aliphatic heterocycles. The number of hydrogen-bond donors (Lipinski definition) is 1. The van der Waals surface area contributed by atoms with E-state index < -0.39 is 5.97 Å². The number of carboxylic acid groups (broad SMARTS) is 1. The van der Waals surface area contributed by atoms with Crippen molar-refractivity contribution in [2.45, 2.75) is 13.5 Å². The van der Waals surface area contributed by atoms with Gasteiger partial charge in [0, 0.05) is 23.6 Å². The smallest absolute Gasteiger partial charge is 0.328 e. The molecule has 5 heteroatoms. The van der Waals surface area contributed by atoms with Gasteiger partial charge in [-0.05, 0) is 19.1 Å². The van der Waals surface area contributed by atoms with Gasteiger partial charge in [-0.15, -0.1) is 0 Å². The molecule has 0 saturated carbocycles. The van der Waals surface area contributed by atoms with Crippen LogP contribution in [0.2, 0.25) is 5.15 Å². The van der Waals surface area contributed by atoms with Crippen LogP contribution in [0, 0.1) is 0 Å². The van der Waals surface area contributed by atoms with Crippen molar-refractivity contribution in [3.63, 3.8) is 0 Å². The minimum atomic E-state index is -1.00. The van der Waals surface area contributed by atoms with E-state index >= 15 is 0 Å². The van der Waals surface area contributed by atoms with Crippen molar-refractivity contribution >= 4 is 34.5 Å². The van der Waals surface area contributed by atoms with Crippen molar-refractivity contribution in [1.82, 2.24) is 4.57 Å². The summed E-state index contributed by atoms with van der Waals surface area (Å²) in [6, 6.07) is 5.61. The third kappa shape index (κ3) is 2.31. The third-order valence-corrected chi connectivity index (χ3v) is 3.35. The lowest BCUT2D eigenvalue weighted by molar-refractivity contribution is -0.131. The van der Waals surface area contributed by atoms with Crippen molar-refractivity contribution in [3.05, 3.63) is 35.0 Å². The Hall–Kier alpha value is -1.94. The number of aromatic nitrogens is 1. The second kappa shape index (κ2) is 5.36. The Bertz CT molecular complexity index is 658. The van der Waals surface area contributed by atoms with Crippen molar-refractivity contribution in [1.29, 1.82) is 0 Å². The molecule has 0 amide bonds. The summed E-state index contributed by atoms with van der Waals surface area (Å²) >= 11 is 6.33. The molecule has 0 unspecified atom stereocenters. The van der Waals surface area contributed by atoms with Crippen LogP contribution in [0.25, 0.3) is 17.0 Å². The number of rotatable bonds is 4. The highest BCUT2D eigenvalue weighted by atomic mass is 35.5. The maximum atomic E-state index is 10.7. The monoisotopic (exact) mass is 279 g/mol. The number of halogens is 1. The van der Waals surface area contributed by atoms with E-state index in [0.717, 1.165) is 22.7 Å². The van der Waals surface area contributed by atoms with E-state index in [1.54, 1.807) is 7.11 Å². The van der Waals surface area contributed by atoms with E-state index in [9.17, 15) is 4.79 Å². The summed E-state index contributed by atoms with van der Waals surface area (Å²) in [6.07, 6.45) is 2.60. The Morgan fingerprint density at radius 1 is 1.53 bits per heavy atom. The lowest BCUT2D eigenvalue weighted by Crippen LogP contribution is -1.95. The van der Waals surface area contributed by atoms with Crippen LogP contribution in [-0.2, 0) is 11.3 Å². The number of aryl methyl sites for hydroxylation is 1. The van der Waals surface area contributed by atoms with E-state index in [2.05, 4.69) is 0 Å². The molecule has 1 aromatic heterocycles. The molecular weight excluding hydrogens is 266 g/mol. The molecular formula is C14H14ClNO3. The molecule has 19 heavy (non-hydrogen) atoms. The number of para-hydroxylation sites is 1. The standard InChI is InChI=1S/C14H14ClNO3/c1-3-16-13-9(5-4-6-11(13)19-2)10(14(16)15)7-8-12(17)18/h4-8H,3H2,1-2H3,(H,17,18)/b8-7+. The van der Waals surface area contributed by atoms with Crippen molar-refractivity contribution in [3.8, 4) is 5.75 Å². The highest BCUT2D eigenvalue weighted by molar-refractivity contribution is 6.33. The zero-order valence-corrected chi connectivity index (χ0v) is 11.4. The highest BCUT2D eigenvalue weighted by Crippen LogP contribution is 2.36. The van der Waals surface area contributed by atoms with Crippen LogP contribution in [-0.4, -0.2) is 22.8 Å². The average Bonchev–Trinajstić information content (AvgIpc) is 2.67. The van der Waals surface area contributed by atoms with Crippen LogP contribution in [0.5, 0.6) is 5.75 Å². The third-order valence-electron chi connectivity index (χ3n) is 2.95. The molecule has 0 atom stereocenters. The van der Waals surface area contributed by atoms with Gasteiger partial charge in [0.25, 0.3) is 0 Å². The maximum Gasteiger partial charge on any atom is 0.328 e. The molecule has 2 aromatic rings. The Morgan fingerprint density at radius 2 is 2.26 bits per heavy atom. The normalized spacial score (nSPS) is 11.3. The van der Waals surface area contributed by atoms with Crippen LogP contribution in [0.3, 0.4) is 0 Å². The molecule has 0 bridgehead atoms. The summed E-state index contributed by atoms with van der Waals surface area (Å²) in [5.41, 5.74) is 1.57. The summed E-state index contributed by atoms with van der Waals surface area (Å²) in [5, 5.41) is 10.1. The number of carboxylic acids is 1. The molecule has 0 spiro atoms. The van der Waals surface area contributed by atoms with Gasteiger partial charge in [-0.1, -0.05) is 23.7 Å². The van der Waals surface area contributed by atoms with Crippen molar-refractivity contribution in [2.24, 2.45) is 0 Å². The van der Waals surface area contributed by atoms with Crippen LogP contribution < -0.4 is 4.74 Å². The zero-order chi connectivity index (χ0) is 14.0. The van der Waals surface area contributed by atoms with E-state index in [1.807, 2.05) is 29.7 Å². The summed E-state index contributed by atoms with van der Waals surface area (Å²) in [5.74, 6) is -0.285. The van der Waals surface area contributed by atoms with E-state index in [4.69, 9.17) is 21.4 Å².